The van der Waals surface area contributed by atoms with Crippen molar-refractivity contribution >= 4 is 6.09 Å². The molecule has 0 radical (unpaired) electrons. The van der Waals surface area contributed by atoms with E-state index in [-0.39, 0.29) is 6.09 Å². The molecule has 4 nitrogen and oxygen atoms in total. The number of carbonyl (C=O) groups excluding carboxylic acids is 1. The van der Waals surface area contributed by atoms with Crippen LogP contribution in [0.25, 0.3) is 0 Å². The van der Waals surface area contributed by atoms with Crippen molar-refractivity contribution in [1.82, 2.24) is 10.2 Å². The number of hydrogen-bond acceptors (Lipinski definition) is 3. The van der Waals surface area contributed by atoms with Crippen LogP contribution in [0.4, 0.5) is 4.79 Å². The van der Waals surface area contributed by atoms with E-state index in [1.807, 2.05) is 4.90 Å². The molecule has 0 aromatic rings. The van der Waals surface area contributed by atoms with E-state index in [1.54, 1.807) is 0 Å². The van der Waals surface area contributed by atoms with Crippen LogP contribution < -0.4 is 5.32 Å². The average Bonchev–Trinajstić information content (AvgIpc) is 2.72. The minimum Gasteiger partial charge on any atom is -0.449 e. The molecule has 1 amide bonds. The Morgan fingerprint density at radius 2 is 2.00 bits per heavy atom. The Labute approximate surface area is 91.0 Å². The highest BCUT2D eigenvalue weighted by molar-refractivity contribution is 5.68. The minimum absolute atomic E-state index is 0.127. The maximum absolute atomic E-state index is 11.7. The largest absolute Gasteiger partial charge is 0.449 e. The zero-order valence-electron chi connectivity index (χ0n) is 9.53. The Balaban J connectivity index is 1.78. The maximum atomic E-state index is 11.7. The van der Waals surface area contributed by atoms with Gasteiger partial charge in [-0.25, -0.2) is 4.79 Å². The third-order valence-electron chi connectivity index (χ3n) is 3.19. The number of amides is 1. The maximum Gasteiger partial charge on any atom is 0.409 e. The minimum atomic E-state index is -0.127. The zero-order chi connectivity index (χ0) is 10.8. The van der Waals surface area contributed by atoms with E-state index in [4.69, 9.17) is 4.74 Å². The first kappa shape index (κ1) is 10.7. The van der Waals surface area contributed by atoms with Gasteiger partial charge in [0.05, 0.1) is 6.61 Å². The number of rotatable bonds is 2. The summed E-state index contributed by atoms with van der Waals surface area (Å²) in [5, 5.41) is 3.36. The summed E-state index contributed by atoms with van der Waals surface area (Å²) < 4.78 is 5.22. The second kappa shape index (κ2) is 4.39. The fraction of sp³-hybridized carbons (Fsp3) is 0.909. The van der Waals surface area contributed by atoms with Crippen LogP contribution >= 0.6 is 0 Å². The monoisotopic (exact) mass is 212 g/mol. The van der Waals surface area contributed by atoms with E-state index in [0.717, 1.165) is 26.2 Å². The lowest BCUT2D eigenvalue weighted by atomic mass is 10.0. The molecule has 0 aliphatic carbocycles. The fourth-order valence-corrected chi connectivity index (χ4v) is 2.33. The molecule has 86 valence electrons. The molecular formula is C11H20N2O2. The van der Waals surface area contributed by atoms with Gasteiger partial charge in [0.25, 0.3) is 0 Å². The number of ether oxygens (including phenoxy) is 1. The van der Waals surface area contributed by atoms with E-state index in [9.17, 15) is 4.79 Å². The predicted molar refractivity (Wildman–Crippen MR) is 57.6 cm³/mol. The molecular weight excluding hydrogens is 192 g/mol. The normalized spacial score (nSPS) is 29.7. The molecule has 2 unspecified atom stereocenters. The van der Waals surface area contributed by atoms with Gasteiger partial charge in [0.15, 0.2) is 0 Å². The molecule has 2 atom stereocenters. The smallest absolute Gasteiger partial charge is 0.409 e. The summed E-state index contributed by atoms with van der Waals surface area (Å²) in [5.74, 6) is 1.71. The van der Waals surface area contributed by atoms with E-state index < -0.39 is 0 Å². The lowest BCUT2D eigenvalue weighted by Crippen LogP contribution is -2.33. The van der Waals surface area contributed by atoms with Crippen LogP contribution in [0, 0.1) is 17.8 Å². The molecule has 0 aromatic carbocycles. The van der Waals surface area contributed by atoms with E-state index >= 15 is 0 Å². The standard InChI is InChI=1S/C11H20N2O2/c1-8(2)7-15-11(14)13-5-9-3-12-4-10(9)6-13/h8-10,12H,3-7H2,1-2H3. The number of carbonyl (C=O) groups is 1. The molecule has 1 N–H and O–H groups in total. The average molecular weight is 212 g/mol. The summed E-state index contributed by atoms with van der Waals surface area (Å²) in [7, 11) is 0. The van der Waals surface area contributed by atoms with Gasteiger partial charge in [0.1, 0.15) is 0 Å². The summed E-state index contributed by atoms with van der Waals surface area (Å²) in [6, 6.07) is 0. The van der Waals surface area contributed by atoms with Crippen LogP contribution in [-0.2, 0) is 4.74 Å². The molecule has 0 bridgehead atoms. The molecule has 4 heteroatoms. The van der Waals surface area contributed by atoms with Crippen molar-refractivity contribution in [3.05, 3.63) is 0 Å². The van der Waals surface area contributed by atoms with Crippen molar-refractivity contribution < 1.29 is 9.53 Å². The Morgan fingerprint density at radius 1 is 1.40 bits per heavy atom. The van der Waals surface area contributed by atoms with Gasteiger partial charge in [-0.2, -0.15) is 0 Å². The molecule has 2 fully saturated rings. The van der Waals surface area contributed by atoms with E-state index in [1.165, 1.54) is 0 Å². The second-order valence-electron chi connectivity index (χ2n) is 5.05. The van der Waals surface area contributed by atoms with Gasteiger partial charge in [0, 0.05) is 26.2 Å². The molecule has 0 spiro atoms. The topological polar surface area (TPSA) is 41.6 Å². The lowest BCUT2D eigenvalue weighted by Gasteiger charge is -2.17. The highest BCUT2D eigenvalue weighted by atomic mass is 16.6. The predicted octanol–water partition coefficient (Wildman–Crippen LogP) is 0.930. The van der Waals surface area contributed by atoms with Crippen LogP contribution in [0.5, 0.6) is 0 Å². The highest BCUT2D eigenvalue weighted by Crippen LogP contribution is 2.26. The quantitative estimate of drug-likeness (QED) is 0.740. The summed E-state index contributed by atoms with van der Waals surface area (Å²) in [6.45, 7) is 8.48. The van der Waals surface area contributed by atoms with Crippen LogP contribution in [-0.4, -0.2) is 43.8 Å². The molecule has 2 saturated heterocycles. The van der Waals surface area contributed by atoms with Gasteiger partial charge in [-0.3, -0.25) is 0 Å². The number of likely N-dealkylation sites (tertiary alicyclic amines) is 1. The van der Waals surface area contributed by atoms with Crippen molar-refractivity contribution in [2.75, 3.05) is 32.8 Å². The van der Waals surface area contributed by atoms with Crippen LogP contribution in [0.15, 0.2) is 0 Å². The second-order valence-corrected chi connectivity index (χ2v) is 5.05. The highest BCUT2D eigenvalue weighted by Gasteiger charge is 2.38. The van der Waals surface area contributed by atoms with Crippen LogP contribution in [0.2, 0.25) is 0 Å². The van der Waals surface area contributed by atoms with Gasteiger partial charge in [-0.1, -0.05) is 13.8 Å². The SMILES string of the molecule is CC(C)COC(=O)N1CC2CNCC2C1. The number of fused-ring (bicyclic) bond motifs is 1. The first-order chi connectivity index (χ1) is 7.16. The summed E-state index contributed by atoms with van der Waals surface area (Å²) in [5.41, 5.74) is 0. The van der Waals surface area contributed by atoms with Crippen molar-refractivity contribution in [2.45, 2.75) is 13.8 Å². The Bertz CT molecular complexity index is 231. The molecule has 0 aromatic heterocycles. The first-order valence-electron chi connectivity index (χ1n) is 5.79. The van der Waals surface area contributed by atoms with Crippen molar-refractivity contribution in [3.8, 4) is 0 Å². The molecule has 15 heavy (non-hydrogen) atoms. The van der Waals surface area contributed by atoms with Gasteiger partial charge in [-0.05, 0) is 17.8 Å². The Hall–Kier alpha value is -0.770. The molecule has 0 saturated carbocycles. The van der Waals surface area contributed by atoms with Crippen LogP contribution in [0.3, 0.4) is 0 Å². The fourth-order valence-electron chi connectivity index (χ4n) is 2.33. The van der Waals surface area contributed by atoms with Gasteiger partial charge >= 0.3 is 6.09 Å². The van der Waals surface area contributed by atoms with Gasteiger partial charge in [0.2, 0.25) is 0 Å². The third-order valence-corrected chi connectivity index (χ3v) is 3.19. The molecule has 2 rings (SSSR count). The Kier molecular flexibility index (Phi) is 3.14. The Morgan fingerprint density at radius 3 is 2.53 bits per heavy atom. The van der Waals surface area contributed by atoms with Gasteiger partial charge in [-0.15, -0.1) is 0 Å². The summed E-state index contributed by atoms with van der Waals surface area (Å²) in [4.78, 5) is 13.5. The van der Waals surface area contributed by atoms with E-state index in [2.05, 4.69) is 19.2 Å². The molecule has 2 aliphatic rings. The van der Waals surface area contributed by atoms with Crippen molar-refractivity contribution in [3.63, 3.8) is 0 Å². The van der Waals surface area contributed by atoms with Crippen molar-refractivity contribution in [1.29, 1.82) is 0 Å². The number of hydrogen-bond donors (Lipinski definition) is 1. The summed E-state index contributed by atoms with van der Waals surface area (Å²) >= 11 is 0. The zero-order valence-corrected chi connectivity index (χ0v) is 9.53. The number of nitrogens with one attached hydrogen (secondary N) is 1. The third kappa shape index (κ3) is 2.43. The van der Waals surface area contributed by atoms with Gasteiger partial charge < -0.3 is 15.0 Å². The summed E-state index contributed by atoms with van der Waals surface area (Å²) in [6.07, 6.45) is -0.127. The molecule has 2 heterocycles. The first-order valence-corrected chi connectivity index (χ1v) is 5.79. The van der Waals surface area contributed by atoms with E-state index in [0.29, 0.717) is 24.4 Å². The molecule has 2 aliphatic heterocycles. The van der Waals surface area contributed by atoms with Crippen LogP contribution in [0.1, 0.15) is 13.8 Å². The number of nitrogens with zero attached hydrogens (tertiary/aromatic N) is 1. The lowest BCUT2D eigenvalue weighted by molar-refractivity contribution is 0.0972. The van der Waals surface area contributed by atoms with Crippen molar-refractivity contribution in [2.24, 2.45) is 17.8 Å².